The van der Waals surface area contributed by atoms with Crippen molar-refractivity contribution in [1.29, 1.82) is 0 Å². The first-order valence-electron chi connectivity index (χ1n) is 6.39. The molecule has 0 bridgehead atoms. The van der Waals surface area contributed by atoms with Crippen molar-refractivity contribution < 1.29 is 4.79 Å². The summed E-state index contributed by atoms with van der Waals surface area (Å²) in [7, 11) is 0. The third-order valence-electron chi connectivity index (χ3n) is 4.40. The number of Topliss-reactive ketones (excluding diaryl/α,β-unsaturated/α-hetero) is 1. The van der Waals surface area contributed by atoms with Crippen LogP contribution in [0.5, 0.6) is 0 Å². The number of rotatable bonds is 1. The van der Waals surface area contributed by atoms with Crippen LogP contribution in [0.3, 0.4) is 0 Å². The summed E-state index contributed by atoms with van der Waals surface area (Å²) in [4.78, 5) is 11.8. The zero-order valence-corrected chi connectivity index (χ0v) is 10.8. The van der Waals surface area contributed by atoms with Crippen LogP contribution in [0.25, 0.3) is 0 Å². The molecule has 0 aromatic heterocycles. The maximum absolute atomic E-state index is 11.8. The van der Waals surface area contributed by atoms with Gasteiger partial charge in [-0.05, 0) is 49.5 Å². The number of fused-ring (bicyclic) bond motifs is 1. The van der Waals surface area contributed by atoms with E-state index in [1.807, 2.05) is 6.92 Å². The predicted molar refractivity (Wildman–Crippen MR) is 67.1 cm³/mol. The van der Waals surface area contributed by atoms with Gasteiger partial charge in [-0.25, -0.2) is 0 Å². The molecule has 16 heavy (non-hydrogen) atoms. The highest BCUT2D eigenvalue weighted by Gasteiger charge is 2.37. The van der Waals surface area contributed by atoms with Gasteiger partial charge in [-0.3, -0.25) is 4.79 Å². The van der Waals surface area contributed by atoms with E-state index in [-0.39, 0.29) is 0 Å². The maximum atomic E-state index is 11.8. The Morgan fingerprint density at radius 1 is 1.31 bits per heavy atom. The van der Waals surface area contributed by atoms with Crippen LogP contribution < -0.4 is 0 Å². The molecule has 2 aliphatic carbocycles. The fourth-order valence-corrected chi connectivity index (χ4v) is 3.23. The zero-order chi connectivity index (χ0) is 11.9. The van der Waals surface area contributed by atoms with Crippen molar-refractivity contribution in [2.45, 2.75) is 40.5 Å². The minimum Gasteiger partial charge on any atom is -0.295 e. The van der Waals surface area contributed by atoms with Crippen LogP contribution >= 0.6 is 0 Å². The van der Waals surface area contributed by atoms with Gasteiger partial charge < -0.3 is 0 Å². The first-order chi connectivity index (χ1) is 7.50. The second-order valence-corrected chi connectivity index (χ2v) is 5.75. The maximum Gasteiger partial charge on any atom is 0.158 e. The van der Waals surface area contributed by atoms with Crippen LogP contribution in [-0.2, 0) is 4.79 Å². The molecular weight excluding hydrogens is 196 g/mol. The van der Waals surface area contributed by atoms with Crippen molar-refractivity contribution in [1.82, 2.24) is 0 Å². The van der Waals surface area contributed by atoms with Gasteiger partial charge in [-0.2, -0.15) is 0 Å². The molecule has 0 radical (unpaired) electrons. The second kappa shape index (κ2) is 4.20. The molecule has 2 rings (SSSR count). The van der Waals surface area contributed by atoms with Gasteiger partial charge in [-0.1, -0.05) is 31.6 Å². The Hall–Kier alpha value is -0.850. The summed E-state index contributed by atoms with van der Waals surface area (Å²) in [5.41, 5.74) is 2.42. The number of carbonyl (C=O) groups excluding carboxylic acids is 1. The number of carbonyl (C=O) groups is 1. The first-order valence-corrected chi connectivity index (χ1v) is 6.39. The third kappa shape index (κ3) is 1.88. The van der Waals surface area contributed by atoms with Crippen LogP contribution in [0.4, 0.5) is 0 Å². The lowest BCUT2D eigenvalue weighted by molar-refractivity contribution is -0.117. The van der Waals surface area contributed by atoms with Gasteiger partial charge in [0, 0.05) is 6.42 Å². The number of ketones is 1. The summed E-state index contributed by atoms with van der Waals surface area (Å²) in [5, 5.41) is 0. The number of hydrogen-bond acceptors (Lipinski definition) is 1. The Morgan fingerprint density at radius 3 is 2.62 bits per heavy atom. The topological polar surface area (TPSA) is 17.1 Å². The molecular formula is C15H22O. The van der Waals surface area contributed by atoms with Crippen molar-refractivity contribution in [2.24, 2.45) is 23.7 Å². The van der Waals surface area contributed by atoms with Gasteiger partial charge in [0.2, 0.25) is 0 Å². The molecule has 0 unspecified atom stereocenters. The standard InChI is InChI=1S/C15H22O/c1-9(2)12-6-5-10(3)13-8-15(16)11(4)7-14(12)13/h5,7,9,12-14H,6,8H2,1-4H3/t12-,13-,14-/m0/s1. The minimum atomic E-state index is 0.346. The minimum absolute atomic E-state index is 0.346. The SMILES string of the molecule is CC1=C[C@@H]2[C@@H](CC1=O)C(C)=CC[C@H]2C(C)C. The van der Waals surface area contributed by atoms with Gasteiger partial charge in [0.05, 0.1) is 0 Å². The predicted octanol–water partition coefficient (Wildman–Crippen LogP) is 3.76. The van der Waals surface area contributed by atoms with Crippen molar-refractivity contribution in [3.05, 3.63) is 23.3 Å². The van der Waals surface area contributed by atoms with Crippen LogP contribution in [0.2, 0.25) is 0 Å². The molecule has 0 aromatic carbocycles. The Bertz CT molecular complexity index is 360. The van der Waals surface area contributed by atoms with E-state index in [1.165, 1.54) is 12.0 Å². The summed E-state index contributed by atoms with van der Waals surface area (Å²) >= 11 is 0. The molecule has 0 spiro atoms. The molecule has 1 nitrogen and oxygen atoms in total. The van der Waals surface area contributed by atoms with Crippen LogP contribution in [-0.4, -0.2) is 5.78 Å². The summed E-state index contributed by atoms with van der Waals surface area (Å²) < 4.78 is 0. The van der Waals surface area contributed by atoms with E-state index in [4.69, 9.17) is 0 Å². The lowest BCUT2D eigenvalue weighted by Gasteiger charge is -2.40. The van der Waals surface area contributed by atoms with Gasteiger partial charge >= 0.3 is 0 Å². The van der Waals surface area contributed by atoms with E-state index in [9.17, 15) is 4.79 Å². The molecule has 0 aliphatic heterocycles. The van der Waals surface area contributed by atoms with Gasteiger partial charge in [0.25, 0.3) is 0 Å². The monoisotopic (exact) mass is 218 g/mol. The highest BCUT2D eigenvalue weighted by Crippen LogP contribution is 2.44. The average molecular weight is 218 g/mol. The Labute approximate surface area is 98.6 Å². The molecule has 0 aromatic rings. The third-order valence-corrected chi connectivity index (χ3v) is 4.40. The molecule has 0 saturated carbocycles. The van der Waals surface area contributed by atoms with E-state index >= 15 is 0 Å². The van der Waals surface area contributed by atoms with Crippen molar-refractivity contribution in [3.63, 3.8) is 0 Å². The molecule has 1 heteroatoms. The molecule has 0 heterocycles. The molecule has 0 N–H and O–H groups in total. The molecule has 0 fully saturated rings. The fourth-order valence-electron chi connectivity index (χ4n) is 3.23. The number of allylic oxidation sites excluding steroid dienone is 4. The largest absolute Gasteiger partial charge is 0.295 e. The van der Waals surface area contributed by atoms with Crippen LogP contribution in [0.1, 0.15) is 40.5 Å². The van der Waals surface area contributed by atoms with E-state index in [1.54, 1.807) is 0 Å². The molecule has 0 amide bonds. The van der Waals surface area contributed by atoms with Crippen molar-refractivity contribution in [2.75, 3.05) is 0 Å². The fraction of sp³-hybridized carbons (Fsp3) is 0.667. The van der Waals surface area contributed by atoms with E-state index < -0.39 is 0 Å². The normalized spacial score (nSPS) is 34.6. The summed E-state index contributed by atoms with van der Waals surface area (Å²) in [6.07, 6.45) is 6.52. The van der Waals surface area contributed by atoms with Crippen molar-refractivity contribution in [3.8, 4) is 0 Å². The lowest BCUT2D eigenvalue weighted by Crippen LogP contribution is -2.34. The lowest BCUT2D eigenvalue weighted by atomic mass is 9.64. The molecule has 2 aliphatic rings. The Balaban J connectivity index is 2.35. The summed E-state index contributed by atoms with van der Waals surface area (Å²) in [5.74, 6) is 2.85. The van der Waals surface area contributed by atoms with Gasteiger partial charge in [0.1, 0.15) is 0 Å². The van der Waals surface area contributed by atoms with E-state index in [0.29, 0.717) is 23.5 Å². The van der Waals surface area contributed by atoms with Gasteiger partial charge in [0.15, 0.2) is 5.78 Å². The molecule has 88 valence electrons. The Kier molecular flexibility index (Phi) is 3.05. The quantitative estimate of drug-likeness (QED) is 0.612. The van der Waals surface area contributed by atoms with E-state index in [0.717, 1.165) is 17.9 Å². The average Bonchev–Trinajstić information content (AvgIpc) is 2.21. The number of hydrogen-bond donors (Lipinski definition) is 0. The second-order valence-electron chi connectivity index (χ2n) is 5.75. The van der Waals surface area contributed by atoms with Gasteiger partial charge in [-0.15, -0.1) is 0 Å². The van der Waals surface area contributed by atoms with Crippen LogP contribution in [0, 0.1) is 23.7 Å². The van der Waals surface area contributed by atoms with Crippen molar-refractivity contribution >= 4 is 5.78 Å². The summed E-state index contributed by atoms with van der Waals surface area (Å²) in [6.45, 7) is 8.77. The molecule has 3 atom stereocenters. The summed E-state index contributed by atoms with van der Waals surface area (Å²) in [6, 6.07) is 0. The smallest absolute Gasteiger partial charge is 0.158 e. The Morgan fingerprint density at radius 2 is 2.00 bits per heavy atom. The highest BCUT2D eigenvalue weighted by atomic mass is 16.1. The first kappa shape index (κ1) is 11.6. The van der Waals surface area contributed by atoms with Crippen LogP contribution in [0.15, 0.2) is 23.3 Å². The molecule has 0 saturated heterocycles. The van der Waals surface area contributed by atoms with E-state index in [2.05, 4.69) is 32.9 Å². The zero-order valence-electron chi connectivity index (χ0n) is 10.8. The highest BCUT2D eigenvalue weighted by molar-refractivity contribution is 5.96.